The molecule has 0 amide bonds. The van der Waals surface area contributed by atoms with Gasteiger partial charge in [0.15, 0.2) is 0 Å². The summed E-state index contributed by atoms with van der Waals surface area (Å²) in [5, 5.41) is 34.5. The summed E-state index contributed by atoms with van der Waals surface area (Å²) >= 11 is 0. The van der Waals surface area contributed by atoms with Gasteiger partial charge in [-0.05, 0) is 0 Å². The molecule has 4 N–H and O–H groups in total. The van der Waals surface area contributed by atoms with Gasteiger partial charge in [0, 0.05) is 54.3 Å². The van der Waals surface area contributed by atoms with Crippen LogP contribution in [0.3, 0.4) is 0 Å². The maximum Gasteiger partial charge on any atom is 0.317 e. The Bertz CT molecular complexity index is 327. The fourth-order valence-corrected chi connectivity index (χ4v) is 1.48. The Kier molecular flexibility index (Phi) is 16.3. The van der Waals surface area contributed by atoms with Crippen LogP contribution < -0.4 is 0 Å². The molecule has 0 aliphatic heterocycles. The average molecular weight is 406 g/mol. The topological polar surface area (TPSA) is 156 Å². The van der Waals surface area contributed by atoms with E-state index in [1.807, 2.05) is 0 Å². The minimum Gasteiger partial charge on any atom is -0.480 e. The van der Waals surface area contributed by atoms with Crippen molar-refractivity contribution in [3.63, 3.8) is 0 Å². The van der Waals surface area contributed by atoms with Crippen LogP contribution in [0.5, 0.6) is 0 Å². The van der Waals surface area contributed by atoms with Crippen LogP contribution in [0.2, 0.25) is 0 Å². The van der Waals surface area contributed by atoms with Crippen molar-refractivity contribution in [3.05, 3.63) is 0 Å². The van der Waals surface area contributed by atoms with Gasteiger partial charge in [-0.3, -0.25) is 29.0 Å². The number of carbonyl (C=O) groups is 4. The van der Waals surface area contributed by atoms with E-state index < -0.39 is 50.1 Å². The fourth-order valence-electron chi connectivity index (χ4n) is 1.48. The predicted octanol–water partition coefficient (Wildman–Crippen LogP) is -2.08. The molecule has 0 spiro atoms. The molecule has 0 aromatic rings. The van der Waals surface area contributed by atoms with Gasteiger partial charge >= 0.3 is 23.9 Å². The van der Waals surface area contributed by atoms with Gasteiger partial charge in [-0.1, -0.05) is 0 Å². The molecule has 0 saturated carbocycles. The zero-order chi connectivity index (χ0) is 15.7. The molecule has 10 nitrogen and oxygen atoms in total. The van der Waals surface area contributed by atoms with Gasteiger partial charge in [0.2, 0.25) is 0 Å². The second kappa shape index (κ2) is 13.8. The molecule has 0 aliphatic carbocycles. The molecule has 0 fully saturated rings. The van der Waals surface area contributed by atoms with E-state index in [-0.39, 0.29) is 54.3 Å². The maximum absolute atomic E-state index is 10.6. The molecule has 0 saturated heterocycles. The first-order valence-corrected chi connectivity index (χ1v) is 5.52. The fraction of sp³-hybridized carbons (Fsp3) is 0.600. The van der Waals surface area contributed by atoms with Crippen molar-refractivity contribution in [3.8, 4) is 0 Å². The Morgan fingerprint density at radius 1 is 0.591 bits per heavy atom. The van der Waals surface area contributed by atoms with Crippen LogP contribution in [0.4, 0.5) is 0 Å². The summed E-state index contributed by atoms with van der Waals surface area (Å²) in [5.41, 5.74) is 0. The van der Waals surface area contributed by atoms with E-state index >= 15 is 0 Å². The molecule has 0 heterocycles. The van der Waals surface area contributed by atoms with Crippen LogP contribution >= 0.6 is 0 Å². The maximum atomic E-state index is 10.6. The monoisotopic (exact) mass is 404 g/mol. The molecule has 0 unspecified atom stereocenters. The number of hydrogen-bond acceptors (Lipinski definition) is 6. The molecule has 0 aromatic carbocycles. The third kappa shape index (κ3) is 15.5. The van der Waals surface area contributed by atoms with E-state index in [0.29, 0.717) is 0 Å². The molecule has 22 heavy (non-hydrogen) atoms. The summed E-state index contributed by atoms with van der Waals surface area (Å²) in [6, 6.07) is 0. The van der Waals surface area contributed by atoms with Crippen molar-refractivity contribution in [1.82, 2.24) is 9.80 Å². The molecule has 12 heteroatoms. The number of nitrogens with zero attached hydrogens (tertiary/aromatic N) is 2. The Labute approximate surface area is 153 Å². The largest absolute Gasteiger partial charge is 0.480 e. The van der Waals surface area contributed by atoms with Crippen LogP contribution in [-0.2, 0) is 60.4 Å². The normalized spacial score (nSPS) is 9.73. The van der Waals surface area contributed by atoms with Gasteiger partial charge in [0.1, 0.15) is 0 Å². The third-order valence-corrected chi connectivity index (χ3v) is 2.17. The van der Waals surface area contributed by atoms with Crippen molar-refractivity contribution < 1.29 is 80.8 Å². The van der Waals surface area contributed by atoms with Crippen molar-refractivity contribution in [1.29, 1.82) is 0 Å². The number of rotatable bonds is 11. The minimum absolute atomic E-state index is 0. The van der Waals surface area contributed by atoms with Gasteiger partial charge in [0.25, 0.3) is 0 Å². The van der Waals surface area contributed by atoms with E-state index in [4.69, 9.17) is 20.4 Å². The first kappa shape index (κ1) is 26.1. The van der Waals surface area contributed by atoms with E-state index in [1.165, 1.54) is 0 Å². The van der Waals surface area contributed by atoms with Gasteiger partial charge < -0.3 is 20.4 Å². The van der Waals surface area contributed by atoms with Crippen LogP contribution in [0, 0.1) is 0 Å². The Hall–Kier alpha value is -0.862. The minimum atomic E-state index is -1.23. The molecule has 0 bridgehead atoms. The quantitative estimate of drug-likeness (QED) is 0.281. The SMILES string of the molecule is O=C(O)CN(CCN(CC(=O)O)CC(=O)O)CC(=O)O.[Ti].[Zn]. The predicted molar refractivity (Wildman–Crippen MR) is 63.4 cm³/mol. The van der Waals surface area contributed by atoms with Gasteiger partial charge in [-0.15, -0.1) is 0 Å². The number of carboxylic acid groups (broad SMARTS) is 4. The second-order valence-corrected chi connectivity index (χ2v) is 4.00. The van der Waals surface area contributed by atoms with Crippen LogP contribution in [-0.4, -0.2) is 93.4 Å². The van der Waals surface area contributed by atoms with Crippen molar-refractivity contribution in [2.45, 2.75) is 0 Å². The van der Waals surface area contributed by atoms with E-state index in [0.717, 1.165) is 9.80 Å². The van der Waals surface area contributed by atoms with Gasteiger partial charge in [0.05, 0.1) is 26.2 Å². The summed E-state index contributed by atoms with van der Waals surface area (Å²) in [6.45, 7) is -2.25. The average Bonchev–Trinajstić information content (AvgIpc) is 2.22. The van der Waals surface area contributed by atoms with Crippen molar-refractivity contribution >= 4 is 23.9 Å². The summed E-state index contributed by atoms with van der Waals surface area (Å²) in [5.74, 6) is -4.91. The second-order valence-electron chi connectivity index (χ2n) is 4.00. The molecule has 120 valence electrons. The third-order valence-electron chi connectivity index (χ3n) is 2.17. The molecular formula is C10H16N2O8TiZn. The standard InChI is InChI=1S/C10H16N2O8.Ti.Zn/c13-7(14)3-11(4-8(15)16)1-2-12(5-9(17)18)6-10(19)20;;/h1-6H2,(H,13,14)(H,15,16)(H,17,18)(H,19,20);;. The summed E-state index contributed by atoms with van der Waals surface area (Å²) in [6.07, 6.45) is 0. The zero-order valence-electron chi connectivity index (χ0n) is 11.8. The van der Waals surface area contributed by atoms with Crippen LogP contribution in [0.15, 0.2) is 0 Å². The number of aliphatic carboxylic acids is 4. The van der Waals surface area contributed by atoms with Crippen molar-refractivity contribution in [2.24, 2.45) is 0 Å². The molecule has 0 aliphatic rings. The first-order chi connectivity index (χ1) is 9.20. The first-order valence-electron chi connectivity index (χ1n) is 5.52. The summed E-state index contributed by atoms with van der Waals surface area (Å²) < 4.78 is 0. The molecule has 0 atom stereocenters. The number of hydrogen-bond donors (Lipinski definition) is 4. The molecular weight excluding hydrogens is 389 g/mol. The van der Waals surface area contributed by atoms with E-state index in [1.54, 1.807) is 0 Å². The Balaban J connectivity index is -0.00000180. The van der Waals surface area contributed by atoms with Gasteiger partial charge in [-0.25, -0.2) is 0 Å². The molecule has 0 radical (unpaired) electrons. The van der Waals surface area contributed by atoms with E-state index in [9.17, 15) is 19.2 Å². The summed E-state index contributed by atoms with van der Waals surface area (Å²) in [4.78, 5) is 44.4. The molecule has 0 rings (SSSR count). The van der Waals surface area contributed by atoms with Gasteiger partial charge in [-0.2, -0.15) is 0 Å². The van der Waals surface area contributed by atoms with Crippen LogP contribution in [0.25, 0.3) is 0 Å². The summed E-state index contributed by atoms with van der Waals surface area (Å²) in [7, 11) is 0. The smallest absolute Gasteiger partial charge is 0.317 e. The molecule has 0 aromatic heterocycles. The Morgan fingerprint density at radius 3 is 0.909 bits per heavy atom. The Morgan fingerprint density at radius 2 is 0.773 bits per heavy atom. The number of carboxylic acids is 4. The van der Waals surface area contributed by atoms with E-state index in [2.05, 4.69) is 0 Å². The van der Waals surface area contributed by atoms with Crippen molar-refractivity contribution in [2.75, 3.05) is 39.3 Å². The zero-order valence-corrected chi connectivity index (χ0v) is 16.3. The van der Waals surface area contributed by atoms with Crippen LogP contribution in [0.1, 0.15) is 0 Å².